The minimum atomic E-state index is 0.623. The smallest absolute Gasteiger partial charge is 0.191 e. The Kier molecular flexibility index (Phi) is 7.34. The lowest BCUT2D eigenvalue weighted by atomic mass is 9.95. The first-order valence-electron chi connectivity index (χ1n) is 9.02. The first-order chi connectivity index (χ1) is 10.3. The molecule has 0 aromatic heterocycles. The highest BCUT2D eigenvalue weighted by Gasteiger charge is 2.19. The largest absolute Gasteiger partial charge is 0.370 e. The van der Waals surface area contributed by atoms with Crippen molar-refractivity contribution in [3.05, 3.63) is 0 Å². The number of unbranched alkanes of at least 4 members (excludes halogenated alkanes) is 2. The van der Waals surface area contributed by atoms with Crippen molar-refractivity contribution < 1.29 is 0 Å². The van der Waals surface area contributed by atoms with Crippen LogP contribution >= 0.6 is 0 Å². The maximum absolute atomic E-state index is 6.13. The topological polar surface area (TPSA) is 44.9 Å². The van der Waals surface area contributed by atoms with Crippen LogP contribution in [0.25, 0.3) is 0 Å². The van der Waals surface area contributed by atoms with Crippen molar-refractivity contribution in [3.63, 3.8) is 0 Å². The number of nitrogens with two attached hydrogens (primary N) is 1. The molecule has 2 aliphatic rings. The lowest BCUT2D eigenvalue weighted by Crippen LogP contribution is -2.42. The van der Waals surface area contributed by atoms with E-state index in [2.05, 4.69) is 21.8 Å². The molecule has 0 amide bonds. The van der Waals surface area contributed by atoms with Crippen LogP contribution in [0.3, 0.4) is 0 Å². The van der Waals surface area contributed by atoms with Crippen molar-refractivity contribution in [2.24, 2.45) is 10.7 Å². The Morgan fingerprint density at radius 3 is 2.48 bits per heavy atom. The molecular weight excluding hydrogens is 260 g/mol. The number of likely N-dealkylation sites (tertiary alicyclic amines) is 1. The molecule has 0 aromatic rings. The van der Waals surface area contributed by atoms with Gasteiger partial charge < -0.3 is 15.5 Å². The Labute approximate surface area is 130 Å². The van der Waals surface area contributed by atoms with Crippen LogP contribution in [0.4, 0.5) is 0 Å². The molecule has 1 aliphatic heterocycles. The van der Waals surface area contributed by atoms with E-state index in [1.165, 1.54) is 83.8 Å². The van der Waals surface area contributed by atoms with E-state index in [1.807, 2.05) is 0 Å². The molecule has 0 radical (unpaired) electrons. The van der Waals surface area contributed by atoms with Crippen molar-refractivity contribution in [2.75, 3.05) is 33.2 Å². The standard InChI is InChI=1S/C17H34N4/c1-20(16-10-4-2-5-11-16)17(18)19-12-6-3-7-13-21-14-8-9-15-21/h16H,2-15H2,1H3,(H2,18,19). The molecule has 0 bridgehead atoms. The van der Waals surface area contributed by atoms with E-state index >= 15 is 0 Å². The van der Waals surface area contributed by atoms with Crippen LogP contribution in [-0.4, -0.2) is 55.0 Å². The van der Waals surface area contributed by atoms with Crippen LogP contribution in [0, 0.1) is 0 Å². The van der Waals surface area contributed by atoms with Gasteiger partial charge in [0.25, 0.3) is 0 Å². The van der Waals surface area contributed by atoms with Crippen molar-refractivity contribution in [2.45, 2.75) is 70.3 Å². The molecule has 0 unspecified atom stereocenters. The van der Waals surface area contributed by atoms with Crippen LogP contribution in [0.15, 0.2) is 4.99 Å². The van der Waals surface area contributed by atoms with Crippen LogP contribution in [0.5, 0.6) is 0 Å². The Morgan fingerprint density at radius 2 is 1.76 bits per heavy atom. The molecule has 4 nitrogen and oxygen atoms in total. The van der Waals surface area contributed by atoms with Crippen LogP contribution in [0.2, 0.25) is 0 Å². The van der Waals surface area contributed by atoms with Crippen LogP contribution < -0.4 is 5.73 Å². The van der Waals surface area contributed by atoms with Gasteiger partial charge in [0.1, 0.15) is 0 Å². The first-order valence-corrected chi connectivity index (χ1v) is 9.02. The first kappa shape index (κ1) is 16.6. The highest BCUT2D eigenvalue weighted by molar-refractivity contribution is 5.78. The zero-order valence-corrected chi connectivity index (χ0v) is 13.9. The summed E-state index contributed by atoms with van der Waals surface area (Å²) in [4.78, 5) is 9.38. The summed E-state index contributed by atoms with van der Waals surface area (Å²) < 4.78 is 0. The van der Waals surface area contributed by atoms with Gasteiger partial charge in [-0.2, -0.15) is 0 Å². The van der Waals surface area contributed by atoms with Gasteiger partial charge >= 0.3 is 0 Å². The number of nitrogens with zero attached hydrogens (tertiary/aromatic N) is 3. The molecule has 0 aromatic carbocycles. The minimum Gasteiger partial charge on any atom is -0.370 e. The Bertz CT molecular complexity index is 304. The number of guanidine groups is 1. The van der Waals surface area contributed by atoms with Crippen molar-refractivity contribution in [1.82, 2.24) is 9.80 Å². The second-order valence-corrected chi connectivity index (χ2v) is 6.75. The summed E-state index contributed by atoms with van der Waals surface area (Å²) in [7, 11) is 2.11. The monoisotopic (exact) mass is 294 g/mol. The van der Waals surface area contributed by atoms with E-state index < -0.39 is 0 Å². The molecule has 21 heavy (non-hydrogen) atoms. The average Bonchev–Trinajstić information content (AvgIpc) is 3.04. The summed E-state index contributed by atoms with van der Waals surface area (Å²) in [6.45, 7) is 4.80. The predicted octanol–water partition coefficient (Wildman–Crippen LogP) is 2.83. The fourth-order valence-electron chi connectivity index (χ4n) is 3.59. The van der Waals surface area contributed by atoms with Gasteiger partial charge in [-0.1, -0.05) is 25.7 Å². The molecule has 0 spiro atoms. The van der Waals surface area contributed by atoms with Gasteiger partial charge in [-0.05, 0) is 58.2 Å². The average molecular weight is 294 g/mol. The molecule has 1 heterocycles. The Hall–Kier alpha value is -0.770. The van der Waals surface area contributed by atoms with E-state index in [0.717, 1.165) is 12.5 Å². The molecular formula is C17H34N4. The maximum atomic E-state index is 6.13. The summed E-state index contributed by atoms with van der Waals surface area (Å²) in [5, 5.41) is 0. The molecule has 0 atom stereocenters. The third-order valence-corrected chi connectivity index (χ3v) is 5.09. The Balaban J connectivity index is 1.54. The van der Waals surface area contributed by atoms with Gasteiger partial charge in [-0.3, -0.25) is 4.99 Å². The molecule has 2 rings (SSSR count). The summed E-state index contributed by atoms with van der Waals surface area (Å²) >= 11 is 0. The van der Waals surface area contributed by atoms with Gasteiger partial charge in [0.2, 0.25) is 0 Å². The predicted molar refractivity (Wildman–Crippen MR) is 90.7 cm³/mol. The summed E-state index contributed by atoms with van der Waals surface area (Å²) in [5.74, 6) is 0.751. The van der Waals surface area contributed by atoms with Crippen molar-refractivity contribution >= 4 is 5.96 Å². The van der Waals surface area contributed by atoms with Gasteiger partial charge in [0.05, 0.1) is 0 Å². The van der Waals surface area contributed by atoms with Crippen LogP contribution in [0.1, 0.15) is 64.2 Å². The van der Waals surface area contributed by atoms with Crippen molar-refractivity contribution in [1.29, 1.82) is 0 Å². The van der Waals surface area contributed by atoms with Gasteiger partial charge in [-0.25, -0.2) is 0 Å². The fourth-order valence-corrected chi connectivity index (χ4v) is 3.59. The molecule has 1 aliphatic carbocycles. The second-order valence-electron chi connectivity index (χ2n) is 6.75. The number of hydrogen-bond donors (Lipinski definition) is 1. The molecule has 4 heteroatoms. The molecule has 1 saturated carbocycles. The molecule has 2 fully saturated rings. The van der Waals surface area contributed by atoms with E-state index in [4.69, 9.17) is 5.73 Å². The fraction of sp³-hybridized carbons (Fsp3) is 0.941. The second kappa shape index (κ2) is 9.29. The highest BCUT2D eigenvalue weighted by Crippen LogP contribution is 2.21. The van der Waals surface area contributed by atoms with Gasteiger partial charge in [0.15, 0.2) is 5.96 Å². The van der Waals surface area contributed by atoms with Crippen LogP contribution in [-0.2, 0) is 0 Å². The molecule has 122 valence electrons. The molecule has 2 N–H and O–H groups in total. The lowest BCUT2D eigenvalue weighted by molar-refractivity contribution is 0.275. The molecule has 1 saturated heterocycles. The lowest BCUT2D eigenvalue weighted by Gasteiger charge is -2.31. The summed E-state index contributed by atoms with van der Waals surface area (Å²) in [5.41, 5.74) is 6.13. The zero-order chi connectivity index (χ0) is 14.9. The van der Waals surface area contributed by atoms with E-state index in [1.54, 1.807) is 0 Å². The van der Waals surface area contributed by atoms with Gasteiger partial charge in [-0.15, -0.1) is 0 Å². The SMILES string of the molecule is CN(C(N)=NCCCCCN1CCCC1)C1CCCCC1. The van der Waals surface area contributed by atoms with Crippen molar-refractivity contribution in [3.8, 4) is 0 Å². The van der Waals surface area contributed by atoms with E-state index in [-0.39, 0.29) is 0 Å². The maximum Gasteiger partial charge on any atom is 0.191 e. The summed E-state index contributed by atoms with van der Waals surface area (Å²) in [6, 6.07) is 0.623. The highest BCUT2D eigenvalue weighted by atomic mass is 15.3. The third kappa shape index (κ3) is 5.85. The number of aliphatic imine (C=N–C) groups is 1. The van der Waals surface area contributed by atoms with E-state index in [9.17, 15) is 0 Å². The quantitative estimate of drug-likeness (QED) is 0.446. The number of rotatable bonds is 7. The Morgan fingerprint density at radius 1 is 1.05 bits per heavy atom. The summed E-state index contributed by atoms with van der Waals surface area (Å²) in [6.07, 6.45) is 13.2. The zero-order valence-electron chi connectivity index (χ0n) is 13.9. The third-order valence-electron chi connectivity index (χ3n) is 5.09. The minimum absolute atomic E-state index is 0.623. The number of hydrogen-bond acceptors (Lipinski definition) is 2. The normalized spacial score (nSPS) is 21.9. The van der Waals surface area contributed by atoms with E-state index in [0.29, 0.717) is 6.04 Å². The van der Waals surface area contributed by atoms with Gasteiger partial charge in [0, 0.05) is 19.6 Å².